The fourth-order valence-electron chi connectivity index (χ4n) is 6.15. The summed E-state index contributed by atoms with van der Waals surface area (Å²) in [6.45, 7) is 5.12. The molecule has 1 aromatic heterocycles. The number of halogens is 1. The number of anilines is 4. The molecule has 3 aromatic rings. The number of rotatable bonds is 6. The van der Waals surface area contributed by atoms with E-state index in [1.807, 2.05) is 0 Å². The molecule has 0 saturated carbocycles. The van der Waals surface area contributed by atoms with E-state index in [1.54, 1.807) is 37.7 Å². The quantitative estimate of drug-likeness (QED) is 0.302. The summed E-state index contributed by atoms with van der Waals surface area (Å²) in [4.78, 5) is 11.7. The normalized spacial score (nSPS) is 22.7. The maximum absolute atomic E-state index is 12.9. The van der Waals surface area contributed by atoms with Gasteiger partial charge in [-0.25, -0.2) is 4.98 Å². The van der Waals surface area contributed by atoms with Crippen LogP contribution in [-0.2, 0) is 22.1 Å². The number of aryl methyl sites for hydroxylation is 2. The Hall–Kier alpha value is -2.95. The van der Waals surface area contributed by atoms with Gasteiger partial charge in [-0.1, -0.05) is 17.7 Å². The van der Waals surface area contributed by atoms with Crippen molar-refractivity contribution in [3.8, 4) is 6.07 Å². The average Bonchev–Trinajstić information content (AvgIpc) is 3.13. The Labute approximate surface area is 234 Å². The zero-order valence-electron chi connectivity index (χ0n) is 22.2. The molecule has 8 nitrogen and oxygen atoms in total. The van der Waals surface area contributed by atoms with Crippen LogP contribution >= 0.6 is 18.7 Å². The standard InChI is InChI=1S/C29H32ClN6O2P/c1-39(2,37)27-11-18(14-31)3-10-26(27)34-28-25(30)15-32-29(35-28)33-21-7-4-19-5-8-22(9-6-20(19)12-21)36-23-13-24(36)17-38-16-23/h3-4,7,10-12,15,22-24H,5-6,8-9,13,16-17H2,1-2H3,(H2,32,33,34,35)/t22-,23?,24?/m0/s1. The first kappa shape index (κ1) is 26.3. The highest BCUT2D eigenvalue weighted by atomic mass is 35.5. The lowest BCUT2D eigenvalue weighted by atomic mass is 9.87. The molecule has 3 aliphatic rings. The van der Waals surface area contributed by atoms with Gasteiger partial charge >= 0.3 is 0 Å². The lowest BCUT2D eigenvalue weighted by molar-refractivity contribution is -0.148. The highest BCUT2D eigenvalue weighted by Gasteiger charge is 2.45. The van der Waals surface area contributed by atoms with E-state index in [-0.39, 0.29) is 0 Å². The number of hydrogen-bond donors (Lipinski definition) is 2. The molecule has 2 N–H and O–H groups in total. The lowest BCUT2D eigenvalue weighted by Gasteiger charge is -2.56. The minimum atomic E-state index is -2.67. The topological polar surface area (TPSA) is 103 Å². The molecule has 2 aromatic carbocycles. The molecule has 3 atom stereocenters. The fraction of sp³-hybridized carbons (Fsp3) is 0.414. The third-order valence-electron chi connectivity index (χ3n) is 8.09. The van der Waals surface area contributed by atoms with Gasteiger partial charge in [0.2, 0.25) is 5.95 Å². The average molecular weight is 563 g/mol. The van der Waals surface area contributed by atoms with E-state index in [0.29, 0.717) is 51.5 Å². The van der Waals surface area contributed by atoms with Crippen LogP contribution in [0.3, 0.4) is 0 Å². The van der Waals surface area contributed by atoms with Crippen molar-refractivity contribution in [2.45, 2.75) is 50.2 Å². The van der Waals surface area contributed by atoms with Crippen LogP contribution in [0.15, 0.2) is 42.6 Å². The maximum Gasteiger partial charge on any atom is 0.229 e. The minimum absolute atomic E-state index is 0.340. The van der Waals surface area contributed by atoms with Crippen LogP contribution in [0.4, 0.5) is 23.1 Å². The summed E-state index contributed by atoms with van der Waals surface area (Å²) in [5, 5.41) is 16.7. The Balaban J connectivity index is 1.18. The van der Waals surface area contributed by atoms with Gasteiger partial charge in [0.05, 0.1) is 36.7 Å². The largest absolute Gasteiger partial charge is 0.378 e. The second-order valence-corrected chi connectivity index (χ2v) is 14.7. The van der Waals surface area contributed by atoms with Crippen LogP contribution in [0.25, 0.3) is 0 Å². The van der Waals surface area contributed by atoms with E-state index in [1.165, 1.54) is 30.4 Å². The van der Waals surface area contributed by atoms with E-state index in [4.69, 9.17) is 16.3 Å². The molecule has 3 heterocycles. The number of fused-ring (bicyclic) bond motifs is 3. The predicted octanol–water partition coefficient (Wildman–Crippen LogP) is 5.46. The van der Waals surface area contributed by atoms with E-state index in [0.717, 1.165) is 31.7 Å². The van der Waals surface area contributed by atoms with Crippen molar-refractivity contribution in [2.75, 3.05) is 37.2 Å². The molecule has 2 unspecified atom stereocenters. The Bertz CT molecular complexity index is 1490. The van der Waals surface area contributed by atoms with Crippen molar-refractivity contribution in [1.82, 2.24) is 14.9 Å². The zero-order chi connectivity index (χ0) is 27.1. The van der Waals surface area contributed by atoms with Crippen molar-refractivity contribution in [3.63, 3.8) is 0 Å². The predicted molar refractivity (Wildman–Crippen MR) is 156 cm³/mol. The first-order valence-corrected chi connectivity index (χ1v) is 16.4. The van der Waals surface area contributed by atoms with Crippen LogP contribution in [0, 0.1) is 11.3 Å². The number of aromatic nitrogens is 2. The summed E-state index contributed by atoms with van der Waals surface area (Å²) >= 11 is 6.43. The van der Waals surface area contributed by atoms with Crippen LogP contribution in [0.2, 0.25) is 5.02 Å². The van der Waals surface area contributed by atoms with Gasteiger partial charge < -0.3 is 19.9 Å². The van der Waals surface area contributed by atoms with Crippen LogP contribution in [0.5, 0.6) is 0 Å². The Morgan fingerprint density at radius 1 is 1.05 bits per heavy atom. The summed E-state index contributed by atoms with van der Waals surface area (Å²) < 4.78 is 18.6. The maximum atomic E-state index is 12.9. The molecule has 0 amide bonds. The fourth-order valence-corrected chi connectivity index (χ4v) is 7.45. The molecule has 2 fully saturated rings. The van der Waals surface area contributed by atoms with E-state index < -0.39 is 7.14 Å². The van der Waals surface area contributed by atoms with Crippen molar-refractivity contribution in [1.29, 1.82) is 5.26 Å². The van der Waals surface area contributed by atoms with Crippen molar-refractivity contribution in [3.05, 3.63) is 64.3 Å². The number of hydrogen-bond acceptors (Lipinski definition) is 8. The third kappa shape index (κ3) is 5.42. The molecule has 6 rings (SSSR count). The molecule has 202 valence electrons. The third-order valence-corrected chi connectivity index (χ3v) is 9.90. The van der Waals surface area contributed by atoms with Gasteiger partial charge in [0.15, 0.2) is 5.82 Å². The summed E-state index contributed by atoms with van der Waals surface area (Å²) in [7, 11) is -2.67. The van der Waals surface area contributed by atoms with Crippen molar-refractivity contribution in [2.24, 2.45) is 0 Å². The zero-order valence-corrected chi connectivity index (χ0v) is 23.8. The van der Waals surface area contributed by atoms with Crippen molar-refractivity contribution < 1.29 is 9.30 Å². The molecule has 2 saturated heterocycles. The van der Waals surface area contributed by atoms with Crippen LogP contribution < -0.4 is 15.9 Å². The summed E-state index contributed by atoms with van der Waals surface area (Å²) in [5.41, 5.74) is 4.78. The highest BCUT2D eigenvalue weighted by Crippen LogP contribution is 2.40. The SMILES string of the molecule is CP(C)(=O)c1cc(C#N)ccc1Nc1nc(Nc2ccc3c(c2)CC[C@@H](N2C4COCC2C4)CC3)ncc1Cl. The molecule has 0 radical (unpaired) electrons. The van der Waals surface area contributed by atoms with E-state index >= 15 is 0 Å². The van der Waals surface area contributed by atoms with Crippen LogP contribution in [0.1, 0.15) is 36.0 Å². The number of nitrogens with zero attached hydrogens (tertiary/aromatic N) is 4. The molecule has 39 heavy (non-hydrogen) atoms. The molecule has 0 spiro atoms. The number of morpholine rings is 1. The van der Waals surface area contributed by atoms with Gasteiger partial charge in [0, 0.05) is 29.1 Å². The number of nitrogens with one attached hydrogen (secondary N) is 2. The smallest absolute Gasteiger partial charge is 0.229 e. The molecule has 2 bridgehead atoms. The summed E-state index contributed by atoms with van der Waals surface area (Å²) in [6, 6.07) is 15.5. The molecular weight excluding hydrogens is 531 g/mol. The first-order chi connectivity index (χ1) is 18.8. The Morgan fingerprint density at radius 3 is 2.54 bits per heavy atom. The van der Waals surface area contributed by atoms with Gasteiger partial charge in [-0.3, -0.25) is 4.90 Å². The number of nitriles is 1. The number of ether oxygens (including phenoxy) is 1. The van der Waals surface area contributed by atoms with E-state index in [2.05, 4.69) is 49.8 Å². The molecule has 10 heteroatoms. The van der Waals surface area contributed by atoms with Gasteiger partial charge in [-0.2, -0.15) is 10.2 Å². The second-order valence-electron chi connectivity index (χ2n) is 11.1. The monoisotopic (exact) mass is 562 g/mol. The Morgan fingerprint density at radius 2 is 1.82 bits per heavy atom. The van der Waals surface area contributed by atoms with Gasteiger partial charge in [0.1, 0.15) is 12.2 Å². The first-order valence-electron chi connectivity index (χ1n) is 13.4. The molecular formula is C29H32ClN6O2P. The van der Waals surface area contributed by atoms with Gasteiger partial charge in [-0.05, 0) is 86.9 Å². The van der Waals surface area contributed by atoms with Gasteiger partial charge in [0.25, 0.3) is 0 Å². The molecule has 1 aliphatic carbocycles. The summed E-state index contributed by atoms with van der Waals surface area (Å²) in [6.07, 6.45) is 7.34. The summed E-state index contributed by atoms with van der Waals surface area (Å²) in [5.74, 6) is 0.809. The molecule has 2 aliphatic heterocycles. The lowest BCUT2D eigenvalue weighted by Crippen LogP contribution is -2.66. The second kappa shape index (κ2) is 10.6. The minimum Gasteiger partial charge on any atom is -0.378 e. The van der Waals surface area contributed by atoms with Crippen molar-refractivity contribution >= 4 is 47.2 Å². The number of benzene rings is 2. The Kier molecular flexibility index (Phi) is 7.11. The highest BCUT2D eigenvalue weighted by molar-refractivity contribution is 7.70. The van der Waals surface area contributed by atoms with Gasteiger partial charge in [-0.15, -0.1) is 0 Å². The van der Waals surface area contributed by atoms with Crippen LogP contribution in [-0.4, -0.2) is 59.5 Å². The van der Waals surface area contributed by atoms with E-state index in [9.17, 15) is 9.83 Å².